The Morgan fingerprint density at radius 3 is 2.96 bits per heavy atom. The number of hydrogen-bond acceptors (Lipinski definition) is 6. The topological polar surface area (TPSA) is 101 Å². The van der Waals surface area contributed by atoms with E-state index in [0.717, 1.165) is 0 Å². The van der Waals surface area contributed by atoms with Crippen LogP contribution < -0.4 is 5.56 Å². The lowest BCUT2D eigenvalue weighted by Gasteiger charge is -2.22. The van der Waals surface area contributed by atoms with Crippen molar-refractivity contribution in [1.82, 2.24) is 24.8 Å². The summed E-state index contributed by atoms with van der Waals surface area (Å²) in [6.45, 7) is 2.01. The molecule has 1 fully saturated rings. The van der Waals surface area contributed by atoms with Crippen LogP contribution in [0.15, 0.2) is 35.6 Å². The van der Waals surface area contributed by atoms with E-state index < -0.39 is 0 Å². The molecular weight excluding hydrogens is 298 g/mol. The first-order valence-electron chi connectivity index (χ1n) is 7.40. The number of nitrogens with one attached hydrogen (secondary N) is 1. The molecule has 1 atom stereocenters. The van der Waals surface area contributed by atoms with E-state index in [-0.39, 0.29) is 23.2 Å². The van der Waals surface area contributed by atoms with Crippen molar-refractivity contribution >= 4 is 5.91 Å². The Hall–Kier alpha value is -2.61. The molecule has 0 saturated carbocycles. The maximum Gasteiger partial charge on any atom is 0.291 e. The van der Waals surface area contributed by atoms with E-state index in [0.29, 0.717) is 38.4 Å². The van der Waals surface area contributed by atoms with E-state index in [2.05, 4.69) is 19.9 Å². The molecule has 3 rings (SSSR count). The van der Waals surface area contributed by atoms with Gasteiger partial charge in [-0.3, -0.25) is 9.59 Å². The van der Waals surface area contributed by atoms with Crippen LogP contribution in [0.25, 0.3) is 0 Å². The number of aromatic amines is 1. The Labute approximate surface area is 132 Å². The molecule has 8 nitrogen and oxygen atoms in total. The number of nitrogens with zero attached hydrogens (tertiary/aromatic N) is 4. The predicted octanol–water partition coefficient (Wildman–Crippen LogP) is -0.109. The molecule has 0 bridgehead atoms. The van der Waals surface area contributed by atoms with Gasteiger partial charge in [0, 0.05) is 43.2 Å². The monoisotopic (exact) mass is 315 g/mol. The van der Waals surface area contributed by atoms with Crippen LogP contribution in [-0.2, 0) is 11.2 Å². The summed E-state index contributed by atoms with van der Waals surface area (Å²) < 4.78 is 5.58. The van der Waals surface area contributed by atoms with Gasteiger partial charge in [-0.1, -0.05) is 0 Å². The Morgan fingerprint density at radius 2 is 2.17 bits per heavy atom. The third-order valence-electron chi connectivity index (χ3n) is 3.61. The smallest absolute Gasteiger partial charge is 0.291 e. The molecule has 1 saturated heterocycles. The number of carbonyl (C=O) groups excluding carboxylic acids is 1. The van der Waals surface area contributed by atoms with Crippen molar-refractivity contribution in [3.8, 4) is 0 Å². The lowest BCUT2D eigenvalue weighted by molar-refractivity contribution is 0.0725. The Balaban J connectivity index is 1.71. The normalized spacial score (nSPS) is 18.4. The largest absolute Gasteiger partial charge is 0.379 e. The zero-order valence-corrected chi connectivity index (χ0v) is 12.5. The molecule has 1 aliphatic heterocycles. The van der Waals surface area contributed by atoms with E-state index in [1.807, 2.05) is 0 Å². The Kier molecular flexibility index (Phi) is 4.72. The van der Waals surface area contributed by atoms with Gasteiger partial charge in [0.05, 0.1) is 19.5 Å². The van der Waals surface area contributed by atoms with Gasteiger partial charge in [0.2, 0.25) is 5.82 Å². The summed E-state index contributed by atoms with van der Waals surface area (Å²) in [5.41, 5.74) is 0.503. The minimum Gasteiger partial charge on any atom is -0.379 e. The average molecular weight is 315 g/mol. The summed E-state index contributed by atoms with van der Waals surface area (Å²) in [5.74, 6) is 0.0434. The van der Waals surface area contributed by atoms with Crippen molar-refractivity contribution in [2.45, 2.75) is 6.42 Å². The fraction of sp³-hybridized carbons (Fsp3) is 0.400. The summed E-state index contributed by atoms with van der Waals surface area (Å²) in [6, 6.07) is 3.14. The lowest BCUT2D eigenvalue weighted by Crippen LogP contribution is -2.37. The van der Waals surface area contributed by atoms with Crippen molar-refractivity contribution in [2.75, 3.05) is 26.3 Å². The quantitative estimate of drug-likeness (QED) is 0.848. The van der Waals surface area contributed by atoms with Gasteiger partial charge in [-0.15, -0.1) is 0 Å². The fourth-order valence-corrected chi connectivity index (χ4v) is 2.56. The molecule has 2 aromatic rings. The summed E-state index contributed by atoms with van der Waals surface area (Å²) in [7, 11) is 0. The predicted molar refractivity (Wildman–Crippen MR) is 80.8 cm³/mol. The van der Waals surface area contributed by atoms with Gasteiger partial charge in [-0.25, -0.2) is 15.0 Å². The zero-order valence-electron chi connectivity index (χ0n) is 12.5. The Morgan fingerprint density at radius 1 is 1.35 bits per heavy atom. The van der Waals surface area contributed by atoms with Crippen molar-refractivity contribution < 1.29 is 9.53 Å². The summed E-state index contributed by atoms with van der Waals surface area (Å²) in [5, 5.41) is 0. The highest BCUT2D eigenvalue weighted by Crippen LogP contribution is 2.13. The van der Waals surface area contributed by atoms with Crippen LogP contribution >= 0.6 is 0 Å². The van der Waals surface area contributed by atoms with Gasteiger partial charge in [0.25, 0.3) is 11.5 Å². The number of H-pyrrole nitrogens is 1. The second-order valence-electron chi connectivity index (χ2n) is 5.37. The van der Waals surface area contributed by atoms with Crippen LogP contribution in [0.5, 0.6) is 0 Å². The van der Waals surface area contributed by atoms with Gasteiger partial charge >= 0.3 is 0 Å². The van der Waals surface area contributed by atoms with Gasteiger partial charge in [-0.2, -0.15) is 0 Å². The number of carbonyl (C=O) groups is 1. The summed E-state index contributed by atoms with van der Waals surface area (Å²) in [4.78, 5) is 40.2. The van der Waals surface area contributed by atoms with E-state index in [9.17, 15) is 9.59 Å². The van der Waals surface area contributed by atoms with Crippen LogP contribution in [0.1, 0.15) is 16.3 Å². The number of rotatable bonds is 3. The van der Waals surface area contributed by atoms with Gasteiger partial charge in [-0.05, 0) is 12.5 Å². The van der Waals surface area contributed by atoms with E-state index >= 15 is 0 Å². The number of amides is 1. The first-order valence-corrected chi connectivity index (χ1v) is 7.40. The molecule has 23 heavy (non-hydrogen) atoms. The van der Waals surface area contributed by atoms with Crippen molar-refractivity contribution in [2.24, 2.45) is 5.92 Å². The van der Waals surface area contributed by atoms with Crippen molar-refractivity contribution in [3.63, 3.8) is 0 Å². The highest BCUT2D eigenvalue weighted by atomic mass is 16.5. The van der Waals surface area contributed by atoms with E-state index in [1.54, 1.807) is 23.4 Å². The number of ether oxygens (including phenoxy) is 1. The molecule has 0 radical (unpaired) electrons. The number of hydrogen-bond donors (Lipinski definition) is 1. The first kappa shape index (κ1) is 15.3. The van der Waals surface area contributed by atoms with Crippen LogP contribution in [0.2, 0.25) is 0 Å². The molecule has 120 valence electrons. The first-order chi connectivity index (χ1) is 11.2. The summed E-state index contributed by atoms with van der Waals surface area (Å²) >= 11 is 0. The molecule has 1 aliphatic rings. The highest BCUT2D eigenvalue weighted by molar-refractivity contribution is 5.90. The molecular formula is C15H17N5O3. The van der Waals surface area contributed by atoms with Gasteiger partial charge < -0.3 is 14.6 Å². The standard InChI is InChI=1S/C15H17N5O3/c21-13-7-12(18-10-19-13)6-11-8-20(4-5-23-9-11)15(22)14-16-2-1-3-17-14/h1-3,7,10-11H,4-6,8-9H2,(H,18,19,21)/t11-/m1/s1. The fourth-order valence-electron chi connectivity index (χ4n) is 2.56. The van der Waals surface area contributed by atoms with Crippen LogP contribution in [0.4, 0.5) is 0 Å². The third kappa shape index (κ3) is 3.98. The third-order valence-corrected chi connectivity index (χ3v) is 3.61. The van der Waals surface area contributed by atoms with Crippen LogP contribution in [0.3, 0.4) is 0 Å². The summed E-state index contributed by atoms with van der Waals surface area (Å²) in [6.07, 6.45) is 5.05. The minimum absolute atomic E-state index is 0.0689. The van der Waals surface area contributed by atoms with Crippen molar-refractivity contribution in [3.05, 3.63) is 52.7 Å². The maximum absolute atomic E-state index is 12.5. The molecule has 0 spiro atoms. The Bertz CT molecular complexity index is 718. The molecule has 8 heteroatoms. The SMILES string of the molecule is O=C(c1ncccn1)N1CCOC[C@H](Cc2cc(=O)[nH]cn2)C1. The molecule has 3 heterocycles. The molecule has 0 aromatic carbocycles. The maximum atomic E-state index is 12.5. The van der Waals surface area contributed by atoms with Gasteiger partial charge in [0.1, 0.15) is 0 Å². The number of aromatic nitrogens is 4. The highest BCUT2D eigenvalue weighted by Gasteiger charge is 2.25. The molecule has 0 unspecified atom stereocenters. The van der Waals surface area contributed by atoms with Crippen molar-refractivity contribution in [1.29, 1.82) is 0 Å². The van der Waals surface area contributed by atoms with Crippen LogP contribution in [-0.4, -0.2) is 57.0 Å². The van der Waals surface area contributed by atoms with E-state index in [4.69, 9.17) is 4.74 Å². The van der Waals surface area contributed by atoms with Crippen LogP contribution in [0, 0.1) is 5.92 Å². The lowest BCUT2D eigenvalue weighted by atomic mass is 10.0. The van der Waals surface area contributed by atoms with Gasteiger partial charge in [0.15, 0.2) is 0 Å². The molecule has 1 amide bonds. The molecule has 1 N–H and O–H groups in total. The second kappa shape index (κ2) is 7.10. The average Bonchev–Trinajstić information content (AvgIpc) is 2.80. The molecule has 0 aliphatic carbocycles. The zero-order chi connectivity index (χ0) is 16.1. The minimum atomic E-state index is -0.208. The molecule has 2 aromatic heterocycles. The van der Waals surface area contributed by atoms with E-state index in [1.165, 1.54) is 12.4 Å². The second-order valence-corrected chi connectivity index (χ2v) is 5.37.